The molecule has 0 unspecified atom stereocenters. The van der Waals surface area contributed by atoms with Gasteiger partial charge >= 0.3 is 0 Å². The van der Waals surface area contributed by atoms with E-state index in [1.807, 2.05) is 12.4 Å². The maximum absolute atomic E-state index is 6.05. The van der Waals surface area contributed by atoms with Crippen LogP contribution in [0.25, 0.3) is 0 Å². The summed E-state index contributed by atoms with van der Waals surface area (Å²) in [6, 6.07) is 2.25. The highest BCUT2D eigenvalue weighted by molar-refractivity contribution is 5.18. The van der Waals surface area contributed by atoms with Gasteiger partial charge in [0.05, 0.1) is 0 Å². The van der Waals surface area contributed by atoms with E-state index in [1.54, 1.807) is 0 Å². The number of rotatable bonds is 3. The first kappa shape index (κ1) is 12.6. The van der Waals surface area contributed by atoms with Gasteiger partial charge in [0.25, 0.3) is 0 Å². The lowest BCUT2D eigenvalue weighted by atomic mass is 9.68. The Hall–Kier alpha value is -0.890. The minimum atomic E-state index is 0.335. The summed E-state index contributed by atoms with van der Waals surface area (Å²) in [5.41, 5.74) is 8.99. The van der Waals surface area contributed by atoms with Crippen LogP contribution in [0.1, 0.15) is 43.7 Å². The predicted molar refractivity (Wildman–Crippen MR) is 71.8 cm³/mol. The summed E-state index contributed by atoms with van der Waals surface area (Å²) in [5.74, 6) is 0.880. The van der Waals surface area contributed by atoms with Crippen LogP contribution < -0.4 is 5.73 Å². The first-order valence-corrected chi connectivity index (χ1v) is 6.74. The molecule has 0 spiro atoms. The normalized spacial score (nSPS) is 29.2. The molecule has 0 atom stereocenters. The number of nitrogens with zero attached hydrogens (tertiary/aromatic N) is 1. The maximum atomic E-state index is 6.05. The fourth-order valence-corrected chi connectivity index (χ4v) is 2.97. The number of hydrogen-bond acceptors (Lipinski definition) is 2. The third-order valence-electron chi connectivity index (χ3n) is 4.28. The summed E-state index contributed by atoms with van der Waals surface area (Å²) in [6.45, 7) is 5.27. The van der Waals surface area contributed by atoms with Gasteiger partial charge in [-0.05, 0) is 55.2 Å². The Morgan fingerprint density at radius 1 is 1.35 bits per heavy atom. The molecule has 2 N–H and O–H groups in total. The lowest BCUT2D eigenvalue weighted by Gasteiger charge is -2.38. The second kappa shape index (κ2) is 5.18. The molecule has 17 heavy (non-hydrogen) atoms. The topological polar surface area (TPSA) is 38.9 Å². The monoisotopic (exact) mass is 232 g/mol. The Kier molecular flexibility index (Phi) is 3.82. The molecule has 1 aromatic rings. The van der Waals surface area contributed by atoms with Gasteiger partial charge in [0, 0.05) is 12.4 Å². The lowest BCUT2D eigenvalue weighted by Crippen LogP contribution is -2.36. The molecule has 1 heterocycles. The molecule has 1 saturated carbocycles. The molecule has 1 aromatic heterocycles. The summed E-state index contributed by atoms with van der Waals surface area (Å²) < 4.78 is 0. The number of nitrogens with two attached hydrogens (primary N) is 1. The highest BCUT2D eigenvalue weighted by atomic mass is 14.6. The highest BCUT2D eigenvalue weighted by Crippen LogP contribution is 2.40. The average Bonchev–Trinajstić information content (AvgIpc) is 2.33. The van der Waals surface area contributed by atoms with Gasteiger partial charge in [-0.2, -0.15) is 0 Å². The van der Waals surface area contributed by atoms with Crippen LogP contribution in [-0.4, -0.2) is 11.5 Å². The summed E-state index contributed by atoms with van der Waals surface area (Å²) in [7, 11) is 0. The first-order valence-electron chi connectivity index (χ1n) is 6.74. The molecular weight excluding hydrogens is 208 g/mol. The van der Waals surface area contributed by atoms with E-state index in [4.69, 9.17) is 5.73 Å². The SMILES string of the molecule is Cc1cncc(CC2(CN)CCC(C)CC2)c1. The van der Waals surface area contributed by atoms with Crippen molar-refractivity contribution in [3.63, 3.8) is 0 Å². The second-order valence-corrected chi connectivity index (χ2v) is 5.93. The second-order valence-electron chi connectivity index (χ2n) is 5.93. The first-order chi connectivity index (χ1) is 8.13. The van der Waals surface area contributed by atoms with Crippen molar-refractivity contribution in [3.8, 4) is 0 Å². The number of pyridine rings is 1. The third-order valence-corrected chi connectivity index (χ3v) is 4.28. The number of hydrogen-bond donors (Lipinski definition) is 1. The molecular formula is C15H24N2. The Labute approximate surface area is 105 Å². The van der Waals surface area contributed by atoms with Gasteiger partial charge in [-0.1, -0.05) is 25.8 Å². The Balaban J connectivity index is 2.09. The van der Waals surface area contributed by atoms with Gasteiger partial charge < -0.3 is 5.73 Å². The van der Waals surface area contributed by atoms with Crippen LogP contribution in [0.3, 0.4) is 0 Å². The van der Waals surface area contributed by atoms with Crippen LogP contribution in [0, 0.1) is 18.3 Å². The van der Waals surface area contributed by atoms with E-state index >= 15 is 0 Å². The van der Waals surface area contributed by atoms with Crippen molar-refractivity contribution < 1.29 is 0 Å². The quantitative estimate of drug-likeness (QED) is 0.869. The summed E-state index contributed by atoms with van der Waals surface area (Å²) in [4.78, 5) is 4.29. The molecule has 0 radical (unpaired) electrons. The van der Waals surface area contributed by atoms with Crippen LogP contribution in [0.5, 0.6) is 0 Å². The lowest BCUT2D eigenvalue weighted by molar-refractivity contribution is 0.163. The van der Waals surface area contributed by atoms with Crippen molar-refractivity contribution in [1.82, 2.24) is 4.98 Å². The van der Waals surface area contributed by atoms with Crippen LogP contribution in [0.15, 0.2) is 18.5 Å². The van der Waals surface area contributed by atoms with Gasteiger partial charge in [-0.25, -0.2) is 0 Å². The zero-order valence-electron chi connectivity index (χ0n) is 11.1. The Morgan fingerprint density at radius 2 is 2.06 bits per heavy atom. The van der Waals surface area contributed by atoms with Gasteiger partial charge in [-0.15, -0.1) is 0 Å². The molecule has 0 aromatic carbocycles. The Morgan fingerprint density at radius 3 is 2.65 bits per heavy atom. The van der Waals surface area contributed by atoms with E-state index in [-0.39, 0.29) is 0 Å². The van der Waals surface area contributed by atoms with E-state index in [0.717, 1.165) is 18.9 Å². The van der Waals surface area contributed by atoms with E-state index < -0.39 is 0 Å². The minimum Gasteiger partial charge on any atom is -0.330 e. The molecule has 0 amide bonds. The molecule has 0 bridgehead atoms. The van der Waals surface area contributed by atoms with Crippen LogP contribution in [0.2, 0.25) is 0 Å². The minimum absolute atomic E-state index is 0.335. The van der Waals surface area contributed by atoms with Crippen LogP contribution in [-0.2, 0) is 6.42 Å². The number of aryl methyl sites for hydroxylation is 1. The Bertz CT molecular complexity index is 365. The van der Waals surface area contributed by atoms with Crippen molar-refractivity contribution in [3.05, 3.63) is 29.6 Å². The molecule has 1 fully saturated rings. The molecule has 94 valence electrons. The molecule has 2 heteroatoms. The van der Waals surface area contributed by atoms with Gasteiger partial charge in [0.1, 0.15) is 0 Å². The highest BCUT2D eigenvalue weighted by Gasteiger charge is 2.33. The molecule has 0 saturated heterocycles. The molecule has 2 rings (SSSR count). The average molecular weight is 232 g/mol. The predicted octanol–water partition coefficient (Wildman–Crippen LogP) is 3.09. The van der Waals surface area contributed by atoms with Crippen molar-refractivity contribution in [2.24, 2.45) is 17.1 Å². The summed E-state index contributed by atoms with van der Waals surface area (Å²) in [5, 5.41) is 0. The van der Waals surface area contributed by atoms with E-state index in [0.29, 0.717) is 5.41 Å². The molecule has 0 aliphatic heterocycles. The molecule has 2 nitrogen and oxygen atoms in total. The number of aromatic nitrogens is 1. The van der Waals surface area contributed by atoms with Crippen LogP contribution in [0.4, 0.5) is 0 Å². The zero-order valence-corrected chi connectivity index (χ0v) is 11.1. The zero-order chi connectivity index (χ0) is 12.3. The van der Waals surface area contributed by atoms with Crippen molar-refractivity contribution in [1.29, 1.82) is 0 Å². The van der Waals surface area contributed by atoms with E-state index in [1.165, 1.54) is 36.8 Å². The third kappa shape index (κ3) is 3.06. The van der Waals surface area contributed by atoms with Crippen molar-refractivity contribution >= 4 is 0 Å². The summed E-state index contributed by atoms with van der Waals surface area (Å²) >= 11 is 0. The maximum Gasteiger partial charge on any atom is 0.0300 e. The van der Waals surface area contributed by atoms with Gasteiger partial charge in [0.15, 0.2) is 0 Å². The largest absolute Gasteiger partial charge is 0.330 e. The fourth-order valence-electron chi connectivity index (χ4n) is 2.97. The smallest absolute Gasteiger partial charge is 0.0300 e. The van der Waals surface area contributed by atoms with Gasteiger partial charge in [-0.3, -0.25) is 4.98 Å². The van der Waals surface area contributed by atoms with Gasteiger partial charge in [0.2, 0.25) is 0 Å². The summed E-state index contributed by atoms with van der Waals surface area (Å²) in [6.07, 6.45) is 10.2. The van der Waals surface area contributed by atoms with E-state index in [9.17, 15) is 0 Å². The standard InChI is InChI=1S/C15H24N2/c1-12-3-5-15(11-16,6-4-12)8-14-7-13(2)9-17-10-14/h7,9-10,12H,3-6,8,11,16H2,1-2H3. The van der Waals surface area contributed by atoms with Crippen LogP contribution >= 0.6 is 0 Å². The molecule has 1 aliphatic rings. The molecule has 1 aliphatic carbocycles. The fraction of sp³-hybridized carbons (Fsp3) is 0.667. The van der Waals surface area contributed by atoms with E-state index in [2.05, 4.69) is 24.9 Å². The van der Waals surface area contributed by atoms with Crippen molar-refractivity contribution in [2.45, 2.75) is 46.0 Å². The van der Waals surface area contributed by atoms with Crippen molar-refractivity contribution in [2.75, 3.05) is 6.54 Å².